The second-order valence-corrected chi connectivity index (χ2v) is 16.4. The molecule has 2 aromatic heterocycles. The molecular formula is C49H53N9O6. The van der Waals surface area contributed by atoms with Gasteiger partial charge >= 0.3 is 12.2 Å². The van der Waals surface area contributed by atoms with Crippen molar-refractivity contribution in [1.29, 1.82) is 0 Å². The molecule has 8 rings (SSSR count). The molecule has 2 aliphatic rings. The fourth-order valence-corrected chi connectivity index (χ4v) is 8.83. The highest BCUT2D eigenvalue weighted by Crippen LogP contribution is 2.37. The van der Waals surface area contributed by atoms with Crippen molar-refractivity contribution >= 4 is 24.0 Å². The van der Waals surface area contributed by atoms with Crippen molar-refractivity contribution in [3.05, 3.63) is 144 Å². The minimum atomic E-state index is -0.895. The second kappa shape index (κ2) is 19.4. The summed E-state index contributed by atoms with van der Waals surface area (Å²) >= 11 is 0. The molecule has 4 amide bonds. The van der Waals surface area contributed by atoms with Crippen molar-refractivity contribution < 1.29 is 28.7 Å². The summed E-state index contributed by atoms with van der Waals surface area (Å²) < 4.78 is 9.70. The molecule has 0 radical (unpaired) electrons. The third-order valence-corrected chi connectivity index (χ3v) is 12.0. The Morgan fingerprint density at radius 3 is 1.58 bits per heavy atom. The van der Waals surface area contributed by atoms with Crippen LogP contribution in [0.1, 0.15) is 78.2 Å². The van der Waals surface area contributed by atoms with Crippen LogP contribution in [-0.2, 0) is 25.6 Å². The molecule has 2 fully saturated rings. The first-order valence-corrected chi connectivity index (χ1v) is 21.5. The Morgan fingerprint density at radius 1 is 0.656 bits per heavy atom. The minimum absolute atomic E-state index is 0.218. The summed E-state index contributed by atoms with van der Waals surface area (Å²) in [4.78, 5) is 74.9. The lowest BCUT2D eigenvalue weighted by molar-refractivity contribution is -0.135. The lowest BCUT2D eigenvalue weighted by Gasteiger charge is -2.28. The van der Waals surface area contributed by atoms with E-state index < -0.39 is 24.3 Å². The average Bonchev–Trinajstić information content (AvgIpc) is 4.17. The van der Waals surface area contributed by atoms with Gasteiger partial charge in [-0.3, -0.25) is 9.59 Å². The Balaban J connectivity index is 0.987. The summed E-state index contributed by atoms with van der Waals surface area (Å²) in [6.07, 6.45) is 5.37. The SMILES string of the molecule is COC(=O)N[C@H](C(=O)N1CCC[C@H]1c1ncc(-c2ccc(-c3ccc(-c4cnc([C@@H]5CCCN5C(=O)[C@H](NC(=O)OC)c5ccccc5)[nH]4)cc3CN(C)C)cc2)[nH]1)c1ccccc1. The van der Waals surface area contributed by atoms with Gasteiger partial charge in [0, 0.05) is 19.6 Å². The molecule has 0 unspecified atom stereocenters. The van der Waals surface area contributed by atoms with Crippen LogP contribution >= 0.6 is 0 Å². The molecule has 0 saturated carbocycles. The molecule has 330 valence electrons. The Kier molecular flexibility index (Phi) is 13.2. The lowest BCUT2D eigenvalue weighted by Crippen LogP contribution is -2.42. The summed E-state index contributed by atoms with van der Waals surface area (Å²) in [5, 5.41) is 5.45. The monoisotopic (exact) mass is 863 g/mol. The number of nitrogens with zero attached hydrogens (tertiary/aromatic N) is 5. The van der Waals surface area contributed by atoms with Gasteiger partial charge in [-0.15, -0.1) is 0 Å². The summed E-state index contributed by atoms with van der Waals surface area (Å²) in [5.41, 5.74) is 8.25. The van der Waals surface area contributed by atoms with Gasteiger partial charge in [0.05, 0.1) is 50.1 Å². The van der Waals surface area contributed by atoms with E-state index in [0.717, 1.165) is 64.9 Å². The number of methoxy groups -OCH3 is 2. The van der Waals surface area contributed by atoms with E-state index in [4.69, 9.17) is 19.4 Å². The van der Waals surface area contributed by atoms with Crippen LogP contribution in [0.5, 0.6) is 0 Å². The minimum Gasteiger partial charge on any atom is -0.453 e. The van der Waals surface area contributed by atoms with E-state index in [2.05, 4.69) is 68.0 Å². The van der Waals surface area contributed by atoms with E-state index >= 15 is 0 Å². The third kappa shape index (κ3) is 9.39. The standard InChI is InChI=1S/C49H53N9O6/c1-56(2)30-36-27-35(39-29-51-45(53-39)41-18-12-26-58(41)47(60)43(55-49(62)64-4)34-15-9-6-10-16-34)23-24-37(36)31-19-21-32(22-20-31)38-28-50-44(52-38)40-17-11-25-57(40)46(59)42(54-48(61)63-3)33-13-7-5-8-14-33/h5-10,13-16,19-24,27-29,40-43H,11-12,17-18,25-26,30H2,1-4H3,(H,50,52)(H,51,53)(H,54,61)(H,55,62)/t40-,41-,42-,43+/m0/s1. The molecule has 15 nitrogen and oxygen atoms in total. The molecule has 64 heavy (non-hydrogen) atoms. The van der Waals surface area contributed by atoms with E-state index in [1.165, 1.54) is 14.2 Å². The maximum Gasteiger partial charge on any atom is 0.407 e. The van der Waals surface area contributed by atoms with Crippen LogP contribution in [0.2, 0.25) is 0 Å². The Hall–Kier alpha value is -7.26. The number of aromatic nitrogens is 4. The quantitative estimate of drug-likeness (QED) is 0.0906. The number of imidazole rings is 2. The highest BCUT2D eigenvalue weighted by molar-refractivity contribution is 5.88. The van der Waals surface area contributed by atoms with Gasteiger partial charge in [-0.25, -0.2) is 19.6 Å². The number of amides is 4. The molecule has 2 aliphatic heterocycles. The second-order valence-electron chi connectivity index (χ2n) is 16.4. The third-order valence-electron chi connectivity index (χ3n) is 12.0. The number of alkyl carbamates (subject to hydrolysis) is 2. The number of rotatable bonds is 13. The van der Waals surface area contributed by atoms with Crippen molar-refractivity contribution in [3.8, 4) is 33.6 Å². The molecule has 4 aromatic carbocycles. The first-order chi connectivity index (χ1) is 31.1. The number of carbonyl (C=O) groups is 4. The molecule has 4 atom stereocenters. The van der Waals surface area contributed by atoms with Gasteiger partial charge in [0.2, 0.25) is 0 Å². The molecule has 15 heteroatoms. The van der Waals surface area contributed by atoms with Gasteiger partial charge in [0.1, 0.15) is 23.7 Å². The Morgan fingerprint density at radius 2 is 1.11 bits per heavy atom. The van der Waals surface area contributed by atoms with Crippen LogP contribution < -0.4 is 10.6 Å². The van der Waals surface area contributed by atoms with Crippen LogP contribution in [0, 0.1) is 0 Å². The first kappa shape index (κ1) is 43.4. The van der Waals surface area contributed by atoms with E-state index in [-0.39, 0.29) is 23.9 Å². The fraction of sp³-hybridized carbons (Fsp3) is 0.306. The summed E-state index contributed by atoms with van der Waals surface area (Å²) in [7, 11) is 6.65. The summed E-state index contributed by atoms with van der Waals surface area (Å²) in [5.74, 6) is 0.954. The number of aromatic amines is 2. The predicted octanol–water partition coefficient (Wildman–Crippen LogP) is 7.72. The van der Waals surface area contributed by atoms with Gasteiger partial charge < -0.3 is 44.8 Å². The van der Waals surface area contributed by atoms with Gasteiger partial charge in [0.25, 0.3) is 11.8 Å². The summed E-state index contributed by atoms with van der Waals surface area (Å²) in [6.45, 7) is 1.79. The first-order valence-electron chi connectivity index (χ1n) is 21.5. The molecule has 0 aliphatic carbocycles. The van der Waals surface area contributed by atoms with Gasteiger partial charge in [-0.2, -0.15) is 0 Å². The molecular weight excluding hydrogens is 811 g/mol. The highest BCUT2D eigenvalue weighted by Gasteiger charge is 2.38. The molecule has 0 spiro atoms. The molecule has 2 saturated heterocycles. The number of H-pyrrole nitrogens is 2. The number of benzene rings is 4. The number of hydrogen-bond donors (Lipinski definition) is 4. The Labute approximate surface area is 372 Å². The van der Waals surface area contributed by atoms with Gasteiger partial charge in [0.15, 0.2) is 0 Å². The predicted molar refractivity (Wildman–Crippen MR) is 241 cm³/mol. The van der Waals surface area contributed by atoms with Gasteiger partial charge in [-0.1, -0.05) is 97.1 Å². The van der Waals surface area contributed by atoms with E-state index in [1.54, 1.807) is 16.0 Å². The van der Waals surface area contributed by atoms with E-state index in [0.29, 0.717) is 42.4 Å². The fourth-order valence-electron chi connectivity index (χ4n) is 8.83. The van der Waals surface area contributed by atoms with Crippen LogP contribution in [0.15, 0.2) is 116 Å². The van der Waals surface area contributed by atoms with Crippen LogP contribution in [0.3, 0.4) is 0 Å². The molecule has 4 heterocycles. The van der Waals surface area contributed by atoms with Gasteiger partial charge in [-0.05, 0) is 84.8 Å². The zero-order valence-electron chi connectivity index (χ0n) is 36.4. The normalized spacial score (nSPS) is 17.0. The Bertz CT molecular complexity index is 2580. The largest absolute Gasteiger partial charge is 0.453 e. The van der Waals surface area contributed by atoms with Crippen molar-refractivity contribution in [2.24, 2.45) is 0 Å². The van der Waals surface area contributed by atoms with Crippen molar-refractivity contribution in [3.63, 3.8) is 0 Å². The zero-order valence-corrected chi connectivity index (χ0v) is 36.4. The zero-order chi connectivity index (χ0) is 44.7. The molecule has 4 N–H and O–H groups in total. The number of hydrogen-bond acceptors (Lipinski definition) is 9. The summed E-state index contributed by atoms with van der Waals surface area (Å²) in [6, 6.07) is 30.8. The number of carbonyl (C=O) groups excluding carboxylic acids is 4. The number of nitrogens with one attached hydrogen (secondary N) is 4. The average molecular weight is 864 g/mol. The van der Waals surface area contributed by atoms with Crippen LogP contribution in [-0.4, -0.2) is 100 Å². The lowest BCUT2D eigenvalue weighted by atomic mass is 9.95. The van der Waals surface area contributed by atoms with Crippen molar-refractivity contribution in [1.82, 2.24) is 45.3 Å². The topological polar surface area (TPSA) is 178 Å². The highest BCUT2D eigenvalue weighted by atomic mass is 16.5. The van der Waals surface area contributed by atoms with Crippen molar-refractivity contribution in [2.75, 3.05) is 41.4 Å². The smallest absolute Gasteiger partial charge is 0.407 e. The maximum absolute atomic E-state index is 14.0. The van der Waals surface area contributed by atoms with Crippen LogP contribution in [0.4, 0.5) is 9.59 Å². The van der Waals surface area contributed by atoms with E-state index in [9.17, 15) is 19.2 Å². The number of likely N-dealkylation sites (tertiary alicyclic amines) is 2. The van der Waals surface area contributed by atoms with Crippen molar-refractivity contribution in [2.45, 2.75) is 56.4 Å². The molecule has 6 aromatic rings. The molecule has 0 bridgehead atoms. The van der Waals surface area contributed by atoms with Crippen LogP contribution in [0.25, 0.3) is 33.6 Å². The maximum atomic E-state index is 14.0. The van der Waals surface area contributed by atoms with E-state index in [1.807, 2.05) is 81.0 Å². The number of ether oxygens (including phenoxy) is 2.